The summed E-state index contributed by atoms with van der Waals surface area (Å²) in [6.45, 7) is 2.16. The maximum absolute atomic E-state index is 11.2. The molecule has 5 nitrogen and oxygen atoms in total. The van der Waals surface area contributed by atoms with Crippen molar-refractivity contribution in [3.05, 3.63) is 33.3 Å². The van der Waals surface area contributed by atoms with Gasteiger partial charge in [0.2, 0.25) is 0 Å². The summed E-state index contributed by atoms with van der Waals surface area (Å²) in [5, 5.41) is 6.06. The fourth-order valence-electron chi connectivity index (χ4n) is 1.82. The first kappa shape index (κ1) is 12.0. The van der Waals surface area contributed by atoms with E-state index in [1.54, 1.807) is 0 Å². The maximum atomic E-state index is 11.2. The lowest BCUT2D eigenvalue weighted by atomic mass is 9.94. The number of nitrogens with zero attached hydrogens (tertiary/aromatic N) is 1. The van der Waals surface area contributed by atoms with E-state index in [4.69, 9.17) is 11.6 Å². The summed E-state index contributed by atoms with van der Waals surface area (Å²) in [7, 11) is 0. The highest BCUT2D eigenvalue weighted by atomic mass is 35.5. The molecule has 1 heterocycles. The number of aromatic nitrogens is 2. The number of halogens is 1. The highest BCUT2D eigenvalue weighted by Gasteiger charge is 2.13. The van der Waals surface area contributed by atoms with Gasteiger partial charge in [-0.3, -0.25) is 10.2 Å². The molecule has 1 aliphatic rings. The first-order chi connectivity index (χ1) is 8.18. The molecule has 0 spiro atoms. The third kappa shape index (κ3) is 2.79. The van der Waals surface area contributed by atoms with Gasteiger partial charge in [0.05, 0.1) is 11.9 Å². The predicted octanol–water partition coefficient (Wildman–Crippen LogP) is 2.04. The van der Waals surface area contributed by atoms with Crippen LogP contribution < -0.4 is 16.4 Å². The van der Waals surface area contributed by atoms with Crippen molar-refractivity contribution in [3.8, 4) is 0 Å². The molecule has 0 bridgehead atoms. The third-order valence-corrected chi connectivity index (χ3v) is 3.25. The van der Waals surface area contributed by atoms with E-state index in [-0.39, 0.29) is 5.02 Å². The molecule has 0 saturated carbocycles. The van der Waals surface area contributed by atoms with Crippen molar-refractivity contribution >= 4 is 17.3 Å². The number of hydrogen-bond acceptors (Lipinski definition) is 4. The zero-order valence-electron chi connectivity index (χ0n) is 9.59. The molecule has 0 amide bonds. The van der Waals surface area contributed by atoms with Gasteiger partial charge in [0.25, 0.3) is 5.56 Å². The third-order valence-electron chi connectivity index (χ3n) is 2.87. The summed E-state index contributed by atoms with van der Waals surface area (Å²) >= 11 is 5.84. The van der Waals surface area contributed by atoms with Crippen LogP contribution in [0.4, 0.5) is 5.69 Å². The van der Waals surface area contributed by atoms with Gasteiger partial charge in [0, 0.05) is 5.70 Å². The average Bonchev–Trinajstić information content (AvgIpc) is 2.33. The van der Waals surface area contributed by atoms with E-state index in [0.29, 0.717) is 11.6 Å². The van der Waals surface area contributed by atoms with Crippen molar-refractivity contribution in [1.29, 1.82) is 0 Å². The van der Waals surface area contributed by atoms with E-state index < -0.39 is 5.56 Å². The zero-order valence-corrected chi connectivity index (χ0v) is 10.3. The molecule has 6 heteroatoms. The summed E-state index contributed by atoms with van der Waals surface area (Å²) in [6, 6.07) is 0. The van der Waals surface area contributed by atoms with Crippen molar-refractivity contribution in [3.63, 3.8) is 0 Å². The van der Waals surface area contributed by atoms with Gasteiger partial charge in [-0.25, -0.2) is 5.10 Å². The summed E-state index contributed by atoms with van der Waals surface area (Å²) in [6.07, 6.45) is 7.11. The highest BCUT2D eigenvalue weighted by Crippen LogP contribution is 2.22. The summed E-state index contributed by atoms with van der Waals surface area (Å²) < 4.78 is 0. The standard InChI is InChI=1S/C11H15ClN4O/c1-7-4-2-3-5-8(7)14-15-9-6-13-16-11(17)10(9)12/h5-7,14H,2-4H2,1H3,(H2,15,16,17). The van der Waals surface area contributed by atoms with E-state index in [1.165, 1.54) is 19.0 Å². The van der Waals surface area contributed by atoms with Crippen molar-refractivity contribution in [2.75, 3.05) is 5.43 Å². The van der Waals surface area contributed by atoms with Crippen molar-refractivity contribution in [1.82, 2.24) is 15.6 Å². The minimum atomic E-state index is -0.399. The van der Waals surface area contributed by atoms with Gasteiger partial charge in [-0.2, -0.15) is 5.10 Å². The van der Waals surface area contributed by atoms with E-state index in [2.05, 4.69) is 34.0 Å². The number of aromatic amines is 1. The monoisotopic (exact) mass is 254 g/mol. The first-order valence-corrected chi connectivity index (χ1v) is 6.01. The second kappa shape index (κ2) is 5.23. The van der Waals surface area contributed by atoms with Gasteiger partial charge in [-0.15, -0.1) is 0 Å². The Balaban J connectivity index is 2.05. The molecule has 0 aliphatic heterocycles. The molecule has 3 N–H and O–H groups in total. The molecule has 1 atom stereocenters. The molecular formula is C11H15ClN4O. The summed E-state index contributed by atoms with van der Waals surface area (Å²) in [4.78, 5) is 11.2. The molecule has 0 aromatic carbocycles. The molecule has 0 fully saturated rings. The van der Waals surface area contributed by atoms with Gasteiger partial charge >= 0.3 is 0 Å². The van der Waals surface area contributed by atoms with Crippen LogP contribution in [0.1, 0.15) is 26.2 Å². The Kier molecular flexibility index (Phi) is 3.68. The fraction of sp³-hybridized carbons (Fsp3) is 0.455. The molecule has 1 aromatic rings. The van der Waals surface area contributed by atoms with Crippen LogP contribution in [0, 0.1) is 5.92 Å². The van der Waals surface area contributed by atoms with Gasteiger partial charge in [-0.1, -0.05) is 24.6 Å². The van der Waals surface area contributed by atoms with Crippen molar-refractivity contribution < 1.29 is 0 Å². The van der Waals surface area contributed by atoms with Crippen LogP contribution in [-0.4, -0.2) is 10.2 Å². The van der Waals surface area contributed by atoms with Crippen LogP contribution in [0.2, 0.25) is 5.02 Å². The van der Waals surface area contributed by atoms with Crippen LogP contribution in [0.25, 0.3) is 0 Å². The van der Waals surface area contributed by atoms with Crippen LogP contribution >= 0.6 is 11.6 Å². The zero-order chi connectivity index (χ0) is 12.3. The molecule has 1 unspecified atom stereocenters. The van der Waals surface area contributed by atoms with Crippen LogP contribution in [0.3, 0.4) is 0 Å². The lowest BCUT2D eigenvalue weighted by Gasteiger charge is -2.22. The van der Waals surface area contributed by atoms with Crippen molar-refractivity contribution in [2.24, 2.45) is 5.92 Å². The summed E-state index contributed by atoms with van der Waals surface area (Å²) in [5.74, 6) is 0.491. The highest BCUT2D eigenvalue weighted by molar-refractivity contribution is 6.32. The Labute approximate surface area is 104 Å². The number of anilines is 1. The smallest absolute Gasteiger partial charge is 0.285 e. The molecule has 0 radical (unpaired) electrons. The topological polar surface area (TPSA) is 69.8 Å². The number of nitrogens with one attached hydrogen (secondary N) is 3. The Hall–Kier alpha value is -1.49. The van der Waals surface area contributed by atoms with E-state index in [9.17, 15) is 4.79 Å². The Morgan fingerprint density at radius 2 is 2.35 bits per heavy atom. The SMILES string of the molecule is CC1CCCC=C1NNc1cn[nH]c(=O)c1Cl. The summed E-state index contributed by atoms with van der Waals surface area (Å²) in [5.41, 5.74) is 7.22. The Morgan fingerprint density at radius 1 is 1.53 bits per heavy atom. The molecule has 1 aromatic heterocycles. The van der Waals surface area contributed by atoms with Crippen LogP contribution in [0.15, 0.2) is 22.8 Å². The minimum absolute atomic E-state index is 0.108. The molecule has 2 rings (SSSR count). The quantitative estimate of drug-likeness (QED) is 0.722. The number of hydrogen-bond donors (Lipinski definition) is 3. The predicted molar refractivity (Wildman–Crippen MR) is 67.7 cm³/mol. The van der Waals surface area contributed by atoms with Crippen molar-refractivity contribution in [2.45, 2.75) is 26.2 Å². The number of allylic oxidation sites excluding steroid dienone is 2. The molecule has 92 valence electrons. The van der Waals surface area contributed by atoms with E-state index >= 15 is 0 Å². The molecular weight excluding hydrogens is 240 g/mol. The maximum Gasteiger partial charge on any atom is 0.285 e. The van der Waals surface area contributed by atoms with Crippen LogP contribution in [-0.2, 0) is 0 Å². The van der Waals surface area contributed by atoms with Gasteiger partial charge < -0.3 is 5.43 Å². The number of hydrazine groups is 1. The second-order valence-corrected chi connectivity index (χ2v) is 4.55. The minimum Gasteiger partial charge on any atom is -0.305 e. The van der Waals surface area contributed by atoms with Crippen LogP contribution in [0.5, 0.6) is 0 Å². The molecule has 0 saturated heterocycles. The Bertz CT molecular complexity index is 483. The lowest BCUT2D eigenvalue weighted by Crippen LogP contribution is -2.27. The van der Waals surface area contributed by atoms with E-state index in [1.807, 2.05) is 0 Å². The Morgan fingerprint density at radius 3 is 3.12 bits per heavy atom. The average molecular weight is 255 g/mol. The first-order valence-electron chi connectivity index (χ1n) is 5.63. The fourth-order valence-corrected chi connectivity index (χ4v) is 1.96. The number of rotatable bonds is 3. The van der Waals surface area contributed by atoms with Gasteiger partial charge in [0.1, 0.15) is 5.02 Å². The second-order valence-electron chi connectivity index (χ2n) is 4.17. The normalized spacial score (nSPS) is 19.6. The van der Waals surface area contributed by atoms with Gasteiger partial charge in [-0.05, 0) is 25.2 Å². The van der Waals surface area contributed by atoms with E-state index in [0.717, 1.165) is 12.1 Å². The van der Waals surface area contributed by atoms with Gasteiger partial charge in [0.15, 0.2) is 0 Å². The molecule has 1 aliphatic carbocycles. The molecule has 17 heavy (non-hydrogen) atoms. The largest absolute Gasteiger partial charge is 0.305 e. The lowest BCUT2D eigenvalue weighted by molar-refractivity contribution is 0.522. The number of H-pyrrole nitrogens is 1.